The van der Waals surface area contributed by atoms with Crippen molar-refractivity contribution < 1.29 is 8.42 Å². The maximum atomic E-state index is 10.5. The second kappa shape index (κ2) is 2.06. The zero-order valence-electron chi connectivity index (χ0n) is 5.33. The Labute approximate surface area is 58.3 Å². The zero-order valence-corrected chi connectivity index (χ0v) is 6.14. The van der Waals surface area contributed by atoms with E-state index in [1.54, 1.807) is 6.92 Å². The number of hydrogen-bond donors (Lipinski definition) is 2. The molecule has 5 nitrogen and oxygen atoms in total. The predicted molar refractivity (Wildman–Crippen MR) is 34.7 cm³/mol. The minimum absolute atomic E-state index is 0.190. The molecule has 1 rings (SSSR count). The Morgan fingerprint density at radius 3 is 2.50 bits per heavy atom. The van der Waals surface area contributed by atoms with E-state index in [-0.39, 0.29) is 5.16 Å². The molecule has 0 radical (unpaired) electrons. The molecule has 56 valence electrons. The molecule has 0 bridgehead atoms. The van der Waals surface area contributed by atoms with Crippen molar-refractivity contribution in [3.8, 4) is 0 Å². The summed E-state index contributed by atoms with van der Waals surface area (Å²) in [7, 11) is -3.65. The van der Waals surface area contributed by atoms with Crippen molar-refractivity contribution in [3.05, 3.63) is 11.9 Å². The predicted octanol–water partition coefficient (Wildman–Crippen LogP) is -0.634. The van der Waals surface area contributed by atoms with Crippen LogP contribution in [0.4, 0.5) is 0 Å². The standard InChI is InChI=1S/C4H7N3O2S/c1-3-2-6-4(7-3)10(5,8)9/h2H,1H3,(H,6,7)(H2,5,8,9). The van der Waals surface area contributed by atoms with Crippen LogP contribution in [0, 0.1) is 6.92 Å². The molecule has 0 saturated heterocycles. The van der Waals surface area contributed by atoms with E-state index in [2.05, 4.69) is 9.97 Å². The number of aromatic nitrogens is 2. The maximum Gasteiger partial charge on any atom is 0.271 e. The Morgan fingerprint density at radius 1 is 1.70 bits per heavy atom. The van der Waals surface area contributed by atoms with Gasteiger partial charge >= 0.3 is 0 Å². The molecule has 0 aromatic carbocycles. The van der Waals surface area contributed by atoms with Gasteiger partial charge in [-0.1, -0.05) is 0 Å². The van der Waals surface area contributed by atoms with Crippen molar-refractivity contribution >= 4 is 10.0 Å². The number of aromatic amines is 1. The Balaban J connectivity index is 3.21. The van der Waals surface area contributed by atoms with Gasteiger partial charge in [0, 0.05) is 6.20 Å². The molecule has 3 N–H and O–H groups in total. The average molecular weight is 161 g/mol. The third kappa shape index (κ3) is 1.34. The average Bonchev–Trinajstić information content (AvgIpc) is 2.11. The Hall–Kier alpha value is -0.880. The zero-order chi connectivity index (χ0) is 7.78. The fourth-order valence-electron chi connectivity index (χ4n) is 0.537. The quantitative estimate of drug-likeness (QED) is 0.574. The van der Waals surface area contributed by atoms with Gasteiger partial charge in [-0.3, -0.25) is 0 Å². The largest absolute Gasteiger partial charge is 0.334 e. The fraction of sp³-hybridized carbons (Fsp3) is 0.250. The first-order valence-corrected chi connectivity index (χ1v) is 4.09. The molecule has 0 amide bonds. The van der Waals surface area contributed by atoms with Crippen LogP contribution in [0.15, 0.2) is 11.4 Å². The Kier molecular flexibility index (Phi) is 1.49. The summed E-state index contributed by atoms with van der Waals surface area (Å²) in [5.74, 6) is 0. The highest BCUT2D eigenvalue weighted by Crippen LogP contribution is 1.98. The lowest BCUT2D eigenvalue weighted by molar-refractivity contribution is 0.590. The molecule has 6 heteroatoms. The van der Waals surface area contributed by atoms with Crippen LogP contribution in [-0.4, -0.2) is 18.4 Å². The molecule has 0 unspecified atom stereocenters. The normalized spacial score (nSPS) is 11.8. The first kappa shape index (κ1) is 7.23. The van der Waals surface area contributed by atoms with Gasteiger partial charge in [0.1, 0.15) is 0 Å². The highest BCUT2D eigenvalue weighted by atomic mass is 32.2. The van der Waals surface area contributed by atoms with E-state index in [1.807, 2.05) is 0 Å². The number of primary sulfonamides is 1. The molecule has 10 heavy (non-hydrogen) atoms. The molecule has 0 spiro atoms. The molecule has 0 aliphatic rings. The van der Waals surface area contributed by atoms with Gasteiger partial charge < -0.3 is 4.98 Å². The molecule has 0 saturated carbocycles. The van der Waals surface area contributed by atoms with Gasteiger partial charge in [-0.25, -0.2) is 18.5 Å². The van der Waals surface area contributed by atoms with Crippen LogP contribution in [-0.2, 0) is 10.0 Å². The van der Waals surface area contributed by atoms with Gasteiger partial charge in [-0.15, -0.1) is 0 Å². The molecule has 1 aromatic rings. The molecular formula is C4H7N3O2S. The fourth-order valence-corrected chi connectivity index (χ4v) is 1.03. The van der Waals surface area contributed by atoms with Crippen LogP contribution < -0.4 is 5.14 Å². The van der Waals surface area contributed by atoms with Crippen LogP contribution in [0.3, 0.4) is 0 Å². The smallest absolute Gasteiger partial charge is 0.271 e. The van der Waals surface area contributed by atoms with Crippen LogP contribution in [0.1, 0.15) is 5.69 Å². The second-order valence-corrected chi connectivity index (χ2v) is 3.37. The minimum atomic E-state index is -3.65. The summed E-state index contributed by atoms with van der Waals surface area (Å²) < 4.78 is 21.1. The minimum Gasteiger partial charge on any atom is -0.334 e. The van der Waals surface area contributed by atoms with Gasteiger partial charge in [0.2, 0.25) is 5.16 Å². The number of rotatable bonds is 1. The van der Waals surface area contributed by atoms with Crippen molar-refractivity contribution in [3.63, 3.8) is 0 Å². The lowest BCUT2D eigenvalue weighted by atomic mass is 10.6. The molecule has 0 aliphatic carbocycles. The maximum absolute atomic E-state index is 10.5. The van der Waals surface area contributed by atoms with Crippen LogP contribution in [0.25, 0.3) is 0 Å². The van der Waals surface area contributed by atoms with Crippen molar-refractivity contribution in [2.24, 2.45) is 5.14 Å². The summed E-state index contributed by atoms with van der Waals surface area (Å²) in [5, 5.41) is 4.56. The topological polar surface area (TPSA) is 88.8 Å². The number of imidazole rings is 1. The van der Waals surface area contributed by atoms with Crippen molar-refractivity contribution in [1.29, 1.82) is 0 Å². The number of hydrogen-bond acceptors (Lipinski definition) is 3. The van der Waals surface area contributed by atoms with E-state index in [0.717, 1.165) is 0 Å². The van der Waals surface area contributed by atoms with Gasteiger partial charge in [-0.05, 0) is 6.92 Å². The van der Waals surface area contributed by atoms with Gasteiger partial charge in [0.15, 0.2) is 0 Å². The van der Waals surface area contributed by atoms with Crippen LogP contribution in [0.5, 0.6) is 0 Å². The van der Waals surface area contributed by atoms with Crippen molar-refractivity contribution in [2.75, 3.05) is 0 Å². The van der Waals surface area contributed by atoms with Gasteiger partial charge in [0.25, 0.3) is 10.0 Å². The molecular weight excluding hydrogens is 154 g/mol. The Bertz CT molecular complexity index is 326. The van der Waals surface area contributed by atoms with E-state index in [4.69, 9.17) is 5.14 Å². The summed E-state index contributed by atoms with van der Waals surface area (Å²) in [6.07, 6.45) is 1.47. The lowest BCUT2D eigenvalue weighted by Gasteiger charge is -1.86. The third-order valence-corrected chi connectivity index (χ3v) is 1.70. The number of H-pyrrole nitrogens is 1. The molecule has 0 fully saturated rings. The number of nitrogens with zero attached hydrogens (tertiary/aromatic N) is 1. The summed E-state index contributed by atoms with van der Waals surface area (Å²) in [5.41, 5.74) is 0.601. The monoisotopic (exact) mass is 161 g/mol. The number of aryl methyl sites for hydroxylation is 1. The van der Waals surface area contributed by atoms with E-state index in [9.17, 15) is 8.42 Å². The highest BCUT2D eigenvalue weighted by Gasteiger charge is 2.09. The SMILES string of the molecule is Cc1c[nH]c(S(N)(=O)=O)n1. The van der Waals surface area contributed by atoms with E-state index in [0.29, 0.717) is 5.69 Å². The van der Waals surface area contributed by atoms with Crippen molar-refractivity contribution in [1.82, 2.24) is 9.97 Å². The summed E-state index contributed by atoms with van der Waals surface area (Å²) >= 11 is 0. The molecule has 0 aliphatic heterocycles. The van der Waals surface area contributed by atoms with Gasteiger partial charge in [0.05, 0.1) is 5.69 Å². The lowest BCUT2D eigenvalue weighted by Crippen LogP contribution is -2.13. The van der Waals surface area contributed by atoms with Crippen LogP contribution in [0.2, 0.25) is 0 Å². The molecule has 1 aromatic heterocycles. The highest BCUT2D eigenvalue weighted by molar-refractivity contribution is 7.89. The summed E-state index contributed by atoms with van der Waals surface area (Å²) in [6.45, 7) is 1.67. The van der Waals surface area contributed by atoms with Crippen LogP contribution >= 0.6 is 0 Å². The first-order valence-electron chi connectivity index (χ1n) is 2.55. The number of nitrogens with one attached hydrogen (secondary N) is 1. The third-order valence-electron chi connectivity index (χ3n) is 0.952. The van der Waals surface area contributed by atoms with Gasteiger partial charge in [-0.2, -0.15) is 0 Å². The molecule has 1 heterocycles. The first-order chi connectivity index (χ1) is 4.50. The molecule has 0 atom stereocenters. The van der Waals surface area contributed by atoms with E-state index in [1.165, 1.54) is 6.20 Å². The second-order valence-electron chi connectivity index (χ2n) is 1.89. The summed E-state index contributed by atoms with van der Waals surface area (Å²) in [6, 6.07) is 0. The van der Waals surface area contributed by atoms with E-state index < -0.39 is 10.0 Å². The summed E-state index contributed by atoms with van der Waals surface area (Å²) in [4.78, 5) is 6.03. The number of sulfonamides is 1. The Morgan fingerprint density at radius 2 is 2.30 bits per heavy atom. The number of nitrogens with two attached hydrogens (primary N) is 1. The van der Waals surface area contributed by atoms with Crippen molar-refractivity contribution in [2.45, 2.75) is 12.1 Å². The van der Waals surface area contributed by atoms with E-state index >= 15 is 0 Å².